The van der Waals surface area contributed by atoms with Crippen LogP contribution in [0.2, 0.25) is 0 Å². The molecule has 0 spiro atoms. The van der Waals surface area contributed by atoms with Gasteiger partial charge in [-0.3, -0.25) is 0 Å². The number of nitrogens with zero attached hydrogens (tertiary/aromatic N) is 2. The van der Waals surface area contributed by atoms with E-state index in [1.54, 1.807) is 0 Å². The van der Waals surface area contributed by atoms with Gasteiger partial charge in [0.25, 0.3) is 0 Å². The molecule has 0 aromatic carbocycles. The molecule has 0 amide bonds. The Balaban J connectivity index is 1.57. The number of ether oxygens (including phenoxy) is 1. The minimum atomic E-state index is 0.314. The van der Waals surface area contributed by atoms with Gasteiger partial charge in [-0.25, -0.2) is 0 Å². The summed E-state index contributed by atoms with van der Waals surface area (Å²) >= 11 is 0. The van der Waals surface area contributed by atoms with Crippen LogP contribution in [-0.4, -0.2) is 35.9 Å². The van der Waals surface area contributed by atoms with Gasteiger partial charge < -0.3 is 14.6 Å². The Hall–Kier alpha value is -0.940. The molecule has 2 heterocycles. The van der Waals surface area contributed by atoms with Crippen molar-refractivity contribution < 1.29 is 9.26 Å². The summed E-state index contributed by atoms with van der Waals surface area (Å²) in [4.78, 5) is 4.58. The van der Waals surface area contributed by atoms with E-state index < -0.39 is 0 Å². The number of morpholine rings is 1. The van der Waals surface area contributed by atoms with Crippen molar-refractivity contribution in [3.05, 3.63) is 11.7 Å². The molecule has 0 radical (unpaired) electrons. The summed E-state index contributed by atoms with van der Waals surface area (Å²) < 4.78 is 10.8. The average molecular weight is 265 g/mol. The maximum Gasteiger partial charge on any atom is 0.228 e. The van der Waals surface area contributed by atoms with Crippen LogP contribution in [0.3, 0.4) is 0 Å². The molecule has 3 atom stereocenters. The molecule has 1 aliphatic carbocycles. The summed E-state index contributed by atoms with van der Waals surface area (Å²) in [5.41, 5.74) is 0. The molecule has 2 fully saturated rings. The predicted molar refractivity (Wildman–Crippen MR) is 71.0 cm³/mol. The second kappa shape index (κ2) is 6.01. The van der Waals surface area contributed by atoms with Gasteiger partial charge in [0.05, 0.1) is 13.2 Å². The molecule has 2 aliphatic rings. The molecule has 3 unspecified atom stereocenters. The van der Waals surface area contributed by atoms with Crippen LogP contribution in [0, 0.1) is 5.92 Å². The van der Waals surface area contributed by atoms with Crippen molar-refractivity contribution in [2.75, 3.05) is 19.8 Å². The molecule has 1 saturated heterocycles. The summed E-state index contributed by atoms with van der Waals surface area (Å²) in [6.07, 6.45) is 5.78. The molecule has 1 N–H and O–H groups in total. The first-order chi connectivity index (χ1) is 9.35. The summed E-state index contributed by atoms with van der Waals surface area (Å²) in [6.45, 7) is 4.71. The Morgan fingerprint density at radius 1 is 1.37 bits per heavy atom. The standard InChI is InChI=1S/C14H23N3O2/c1-2-10-3-4-11(7-10)14-16-13(19-17-14)8-12-9-18-6-5-15-12/h10-12,15H,2-9H2,1H3. The lowest BCUT2D eigenvalue weighted by molar-refractivity contribution is 0.0744. The Morgan fingerprint density at radius 3 is 3.05 bits per heavy atom. The first-order valence-corrected chi connectivity index (χ1v) is 7.48. The number of hydrogen-bond acceptors (Lipinski definition) is 5. The Kier molecular flexibility index (Phi) is 4.13. The van der Waals surface area contributed by atoms with Crippen molar-refractivity contribution in [1.29, 1.82) is 0 Å². The number of rotatable bonds is 4. The monoisotopic (exact) mass is 265 g/mol. The highest BCUT2D eigenvalue weighted by Gasteiger charge is 2.28. The van der Waals surface area contributed by atoms with E-state index in [-0.39, 0.29) is 0 Å². The Bertz CT molecular complexity index is 401. The zero-order valence-electron chi connectivity index (χ0n) is 11.6. The van der Waals surface area contributed by atoms with Crippen LogP contribution in [0.5, 0.6) is 0 Å². The molecule has 3 rings (SSSR count). The van der Waals surface area contributed by atoms with Crippen LogP contribution in [0.4, 0.5) is 0 Å². The second-order valence-electron chi connectivity index (χ2n) is 5.76. The largest absolute Gasteiger partial charge is 0.378 e. The van der Waals surface area contributed by atoms with Gasteiger partial charge in [0, 0.05) is 24.9 Å². The third-order valence-electron chi connectivity index (χ3n) is 4.39. The van der Waals surface area contributed by atoms with Crippen LogP contribution < -0.4 is 5.32 Å². The van der Waals surface area contributed by atoms with Crippen LogP contribution in [-0.2, 0) is 11.2 Å². The van der Waals surface area contributed by atoms with E-state index in [1.807, 2.05) is 0 Å². The zero-order chi connectivity index (χ0) is 13.1. The average Bonchev–Trinajstić information content (AvgIpc) is 3.08. The van der Waals surface area contributed by atoms with Crippen LogP contribution in [0.15, 0.2) is 4.52 Å². The van der Waals surface area contributed by atoms with Gasteiger partial charge in [-0.15, -0.1) is 0 Å². The summed E-state index contributed by atoms with van der Waals surface area (Å²) in [5, 5.41) is 7.59. The topological polar surface area (TPSA) is 60.2 Å². The van der Waals surface area contributed by atoms with Gasteiger partial charge in [0.15, 0.2) is 5.82 Å². The van der Waals surface area contributed by atoms with E-state index in [9.17, 15) is 0 Å². The molecule has 5 heteroatoms. The molecule has 1 saturated carbocycles. The van der Waals surface area contributed by atoms with Crippen LogP contribution in [0.1, 0.15) is 50.2 Å². The van der Waals surface area contributed by atoms with Crippen LogP contribution in [0.25, 0.3) is 0 Å². The molecule has 106 valence electrons. The quantitative estimate of drug-likeness (QED) is 0.901. The summed E-state index contributed by atoms with van der Waals surface area (Å²) in [7, 11) is 0. The molecule has 0 bridgehead atoms. The predicted octanol–water partition coefficient (Wildman–Crippen LogP) is 1.89. The van der Waals surface area contributed by atoms with E-state index in [2.05, 4.69) is 22.4 Å². The zero-order valence-corrected chi connectivity index (χ0v) is 11.6. The number of nitrogens with one attached hydrogen (secondary N) is 1. The van der Waals surface area contributed by atoms with Gasteiger partial charge >= 0.3 is 0 Å². The van der Waals surface area contributed by atoms with Gasteiger partial charge in [-0.05, 0) is 25.2 Å². The molecule has 5 nitrogen and oxygen atoms in total. The Morgan fingerprint density at radius 2 is 2.32 bits per heavy atom. The van der Waals surface area contributed by atoms with Crippen molar-refractivity contribution in [3.63, 3.8) is 0 Å². The molecule has 1 aromatic rings. The maximum absolute atomic E-state index is 5.44. The highest BCUT2D eigenvalue weighted by atomic mass is 16.5. The third kappa shape index (κ3) is 3.15. The lowest BCUT2D eigenvalue weighted by Crippen LogP contribution is -2.42. The van der Waals surface area contributed by atoms with Crippen molar-refractivity contribution in [1.82, 2.24) is 15.5 Å². The minimum absolute atomic E-state index is 0.314. The van der Waals surface area contributed by atoms with Crippen molar-refractivity contribution >= 4 is 0 Å². The fraction of sp³-hybridized carbons (Fsp3) is 0.857. The summed E-state index contributed by atoms with van der Waals surface area (Å²) in [6, 6.07) is 0.314. The molecular weight excluding hydrogens is 242 g/mol. The number of hydrogen-bond donors (Lipinski definition) is 1. The van der Waals surface area contributed by atoms with Crippen LogP contribution >= 0.6 is 0 Å². The Labute approximate surface area is 114 Å². The molecule has 1 aliphatic heterocycles. The van der Waals surface area contributed by atoms with E-state index in [0.717, 1.165) is 43.8 Å². The molecular formula is C14H23N3O2. The normalized spacial score (nSPS) is 31.7. The van der Waals surface area contributed by atoms with E-state index >= 15 is 0 Å². The fourth-order valence-corrected chi connectivity index (χ4v) is 3.16. The highest BCUT2D eigenvalue weighted by Crippen LogP contribution is 2.38. The maximum atomic E-state index is 5.44. The first-order valence-electron chi connectivity index (χ1n) is 7.48. The first kappa shape index (κ1) is 13.1. The highest BCUT2D eigenvalue weighted by molar-refractivity contribution is 5.00. The fourth-order valence-electron chi connectivity index (χ4n) is 3.16. The summed E-state index contributed by atoms with van der Waals surface area (Å²) in [5.74, 6) is 3.03. The van der Waals surface area contributed by atoms with Gasteiger partial charge in [0.2, 0.25) is 5.89 Å². The van der Waals surface area contributed by atoms with E-state index in [4.69, 9.17) is 9.26 Å². The minimum Gasteiger partial charge on any atom is -0.378 e. The van der Waals surface area contributed by atoms with E-state index in [1.165, 1.54) is 25.7 Å². The van der Waals surface area contributed by atoms with Crippen molar-refractivity contribution in [3.8, 4) is 0 Å². The molecule has 1 aromatic heterocycles. The second-order valence-corrected chi connectivity index (χ2v) is 5.76. The van der Waals surface area contributed by atoms with Gasteiger partial charge in [-0.2, -0.15) is 4.98 Å². The van der Waals surface area contributed by atoms with E-state index in [0.29, 0.717) is 12.0 Å². The van der Waals surface area contributed by atoms with Crippen molar-refractivity contribution in [2.45, 2.75) is 51.0 Å². The lowest BCUT2D eigenvalue weighted by Gasteiger charge is -2.22. The van der Waals surface area contributed by atoms with Crippen molar-refractivity contribution in [2.24, 2.45) is 5.92 Å². The molecule has 19 heavy (non-hydrogen) atoms. The SMILES string of the molecule is CCC1CCC(c2noc(CC3COCCN3)n2)C1. The van der Waals surface area contributed by atoms with Gasteiger partial charge in [0.1, 0.15) is 0 Å². The lowest BCUT2D eigenvalue weighted by atomic mass is 10.0. The number of aromatic nitrogens is 2. The smallest absolute Gasteiger partial charge is 0.228 e. The third-order valence-corrected chi connectivity index (χ3v) is 4.39. The van der Waals surface area contributed by atoms with Gasteiger partial charge in [-0.1, -0.05) is 18.5 Å².